The zero-order valence-electron chi connectivity index (χ0n) is 20.1. The number of aromatic nitrogens is 1. The summed E-state index contributed by atoms with van der Waals surface area (Å²) in [7, 11) is 1.35. The number of fused-ring (bicyclic) bond motifs is 2. The molecule has 3 heterocycles. The minimum atomic E-state index is -1.10. The van der Waals surface area contributed by atoms with Gasteiger partial charge in [0, 0.05) is 30.0 Å². The molecule has 0 amide bonds. The molecule has 36 heavy (non-hydrogen) atoms. The summed E-state index contributed by atoms with van der Waals surface area (Å²) in [5.74, 6) is -1.97. The number of hydrogen-bond acceptors (Lipinski definition) is 6. The summed E-state index contributed by atoms with van der Waals surface area (Å²) < 4.78 is 12.6. The first-order valence-corrected chi connectivity index (χ1v) is 12.1. The lowest BCUT2D eigenvalue weighted by atomic mass is 9.88. The van der Waals surface area contributed by atoms with E-state index in [9.17, 15) is 19.5 Å². The molecule has 0 saturated carbocycles. The fourth-order valence-electron chi connectivity index (χ4n) is 5.20. The Hall–Kier alpha value is -3.91. The highest BCUT2D eigenvalue weighted by molar-refractivity contribution is 5.99. The van der Waals surface area contributed by atoms with E-state index in [2.05, 4.69) is 5.32 Å². The molecule has 0 saturated heterocycles. The third-order valence-corrected chi connectivity index (χ3v) is 6.96. The summed E-state index contributed by atoms with van der Waals surface area (Å²) in [6.45, 7) is 1.40. The SMILES string of the molecule is COC(=O)c1cc(-c2cc3c(cc2C(=O)O)C(C(=O)OCc2ccccc2)NCC3)n2c1CCCC2. The Morgan fingerprint density at radius 2 is 1.86 bits per heavy atom. The molecule has 1 aromatic heterocycles. The Morgan fingerprint density at radius 3 is 2.61 bits per heavy atom. The van der Waals surface area contributed by atoms with E-state index in [0.717, 1.165) is 36.1 Å². The van der Waals surface area contributed by atoms with Gasteiger partial charge in [-0.1, -0.05) is 30.3 Å². The smallest absolute Gasteiger partial charge is 0.339 e. The molecule has 8 heteroatoms. The molecule has 3 aromatic rings. The molecule has 8 nitrogen and oxygen atoms in total. The maximum Gasteiger partial charge on any atom is 0.339 e. The molecule has 2 aromatic carbocycles. The van der Waals surface area contributed by atoms with Crippen LogP contribution in [0.5, 0.6) is 0 Å². The highest BCUT2D eigenvalue weighted by Gasteiger charge is 2.32. The van der Waals surface area contributed by atoms with Gasteiger partial charge in [-0.25, -0.2) is 14.4 Å². The van der Waals surface area contributed by atoms with Crippen LogP contribution in [0.4, 0.5) is 0 Å². The topological polar surface area (TPSA) is 107 Å². The lowest BCUT2D eigenvalue weighted by Crippen LogP contribution is -2.36. The number of carbonyl (C=O) groups is 3. The van der Waals surface area contributed by atoms with Crippen LogP contribution in [0.25, 0.3) is 11.3 Å². The molecule has 0 spiro atoms. The van der Waals surface area contributed by atoms with Crippen molar-refractivity contribution in [3.63, 3.8) is 0 Å². The van der Waals surface area contributed by atoms with E-state index in [1.807, 2.05) is 41.0 Å². The maximum atomic E-state index is 13.0. The third-order valence-electron chi connectivity index (χ3n) is 6.96. The monoisotopic (exact) mass is 488 g/mol. The molecule has 5 rings (SSSR count). The van der Waals surface area contributed by atoms with Gasteiger partial charge in [0.2, 0.25) is 0 Å². The summed E-state index contributed by atoms with van der Waals surface area (Å²) in [4.78, 5) is 37.8. The van der Waals surface area contributed by atoms with E-state index in [-0.39, 0.29) is 12.2 Å². The number of benzene rings is 2. The Kier molecular flexibility index (Phi) is 6.61. The zero-order chi connectivity index (χ0) is 25.2. The van der Waals surface area contributed by atoms with Crippen LogP contribution >= 0.6 is 0 Å². The predicted molar refractivity (Wildman–Crippen MR) is 132 cm³/mol. The van der Waals surface area contributed by atoms with Crippen molar-refractivity contribution in [2.24, 2.45) is 0 Å². The second-order valence-corrected chi connectivity index (χ2v) is 9.12. The van der Waals surface area contributed by atoms with Gasteiger partial charge in [-0.3, -0.25) is 0 Å². The van der Waals surface area contributed by atoms with Crippen LogP contribution in [0.15, 0.2) is 48.5 Å². The largest absolute Gasteiger partial charge is 0.478 e. The number of methoxy groups -OCH3 is 1. The maximum absolute atomic E-state index is 13.0. The normalized spacial score (nSPS) is 16.5. The quantitative estimate of drug-likeness (QED) is 0.507. The Labute approximate surface area is 208 Å². The second-order valence-electron chi connectivity index (χ2n) is 9.12. The van der Waals surface area contributed by atoms with Gasteiger partial charge in [0.15, 0.2) is 0 Å². The van der Waals surface area contributed by atoms with Crippen molar-refractivity contribution in [1.82, 2.24) is 9.88 Å². The number of aromatic carboxylic acids is 1. The number of nitrogens with zero attached hydrogens (tertiary/aromatic N) is 1. The third kappa shape index (κ3) is 4.40. The standard InChI is InChI=1S/C28H28N2O6/c1-35-27(33)22-15-24(30-12-6-5-9-23(22)30)20-13-18-10-11-29-25(19(18)14-21(20)26(31)32)28(34)36-16-17-7-3-2-4-8-17/h2-4,7-8,13-15,25,29H,5-6,9-12,16H2,1H3,(H,31,32). The fraction of sp³-hybridized carbons (Fsp3) is 0.321. The van der Waals surface area contributed by atoms with Crippen molar-refractivity contribution in [3.05, 3.63) is 82.0 Å². The van der Waals surface area contributed by atoms with Gasteiger partial charge in [-0.2, -0.15) is 0 Å². The van der Waals surface area contributed by atoms with Gasteiger partial charge in [0.1, 0.15) is 12.6 Å². The number of hydrogen-bond donors (Lipinski definition) is 2. The molecule has 0 fully saturated rings. The van der Waals surface area contributed by atoms with Crippen molar-refractivity contribution < 1.29 is 29.0 Å². The number of nitrogens with one attached hydrogen (secondary N) is 1. The summed E-state index contributed by atoms with van der Waals surface area (Å²) in [6, 6.07) is 13.8. The molecule has 186 valence electrons. The number of carboxylic acids is 1. The number of rotatable bonds is 6. The molecule has 2 aliphatic heterocycles. The summed E-state index contributed by atoms with van der Waals surface area (Å²) >= 11 is 0. The van der Waals surface area contributed by atoms with E-state index in [0.29, 0.717) is 41.9 Å². The van der Waals surface area contributed by atoms with Crippen molar-refractivity contribution in [1.29, 1.82) is 0 Å². The average molecular weight is 489 g/mol. The van der Waals surface area contributed by atoms with Gasteiger partial charge in [-0.15, -0.1) is 0 Å². The molecule has 0 radical (unpaired) electrons. The van der Waals surface area contributed by atoms with Crippen LogP contribution in [-0.2, 0) is 40.3 Å². The van der Waals surface area contributed by atoms with Crippen LogP contribution in [0.2, 0.25) is 0 Å². The molecule has 0 bridgehead atoms. The Balaban J connectivity index is 1.53. The summed E-state index contributed by atoms with van der Waals surface area (Å²) in [5, 5.41) is 13.3. The van der Waals surface area contributed by atoms with Crippen molar-refractivity contribution in [2.45, 2.75) is 44.9 Å². The van der Waals surface area contributed by atoms with Gasteiger partial charge >= 0.3 is 17.9 Å². The first kappa shape index (κ1) is 23.8. The predicted octanol–water partition coefficient (Wildman–Crippen LogP) is 3.91. The van der Waals surface area contributed by atoms with Crippen LogP contribution in [0, 0.1) is 0 Å². The molecule has 0 aliphatic carbocycles. The number of esters is 2. The Bertz CT molecular complexity index is 1330. The summed E-state index contributed by atoms with van der Waals surface area (Å²) in [6.07, 6.45) is 3.28. The van der Waals surface area contributed by atoms with E-state index in [1.54, 1.807) is 12.1 Å². The molecule has 2 aliphatic rings. The van der Waals surface area contributed by atoms with Gasteiger partial charge in [0.05, 0.1) is 18.2 Å². The molecule has 1 atom stereocenters. The second kappa shape index (κ2) is 9.99. The van der Waals surface area contributed by atoms with Crippen LogP contribution in [0.3, 0.4) is 0 Å². The van der Waals surface area contributed by atoms with Gasteiger partial charge < -0.3 is 24.5 Å². The van der Waals surface area contributed by atoms with E-state index in [1.165, 1.54) is 7.11 Å². The molecular formula is C28H28N2O6. The Morgan fingerprint density at radius 1 is 1.06 bits per heavy atom. The van der Waals surface area contributed by atoms with Crippen LogP contribution in [-0.4, -0.2) is 41.2 Å². The van der Waals surface area contributed by atoms with Crippen molar-refractivity contribution in [2.75, 3.05) is 13.7 Å². The van der Waals surface area contributed by atoms with E-state index >= 15 is 0 Å². The van der Waals surface area contributed by atoms with E-state index < -0.39 is 23.9 Å². The highest BCUT2D eigenvalue weighted by atomic mass is 16.5. The first-order chi connectivity index (χ1) is 17.5. The minimum absolute atomic E-state index is 0.0839. The van der Waals surface area contributed by atoms with Gasteiger partial charge in [-0.05, 0) is 60.6 Å². The van der Waals surface area contributed by atoms with Gasteiger partial charge in [0.25, 0.3) is 0 Å². The van der Waals surface area contributed by atoms with Crippen molar-refractivity contribution in [3.8, 4) is 11.3 Å². The van der Waals surface area contributed by atoms with E-state index in [4.69, 9.17) is 9.47 Å². The highest BCUT2D eigenvalue weighted by Crippen LogP contribution is 2.36. The number of carbonyl (C=O) groups excluding carboxylic acids is 2. The number of carboxylic acid groups (broad SMARTS) is 1. The van der Waals surface area contributed by atoms with Crippen molar-refractivity contribution >= 4 is 17.9 Å². The number of ether oxygens (including phenoxy) is 2. The average Bonchev–Trinajstić information content (AvgIpc) is 3.30. The van der Waals surface area contributed by atoms with Crippen LogP contribution in [0.1, 0.15) is 62.0 Å². The molecule has 2 N–H and O–H groups in total. The lowest BCUT2D eigenvalue weighted by Gasteiger charge is -2.27. The first-order valence-electron chi connectivity index (χ1n) is 12.1. The summed E-state index contributed by atoms with van der Waals surface area (Å²) in [5.41, 5.74) is 5.04. The zero-order valence-corrected chi connectivity index (χ0v) is 20.1. The fourth-order valence-corrected chi connectivity index (χ4v) is 5.20. The molecular weight excluding hydrogens is 460 g/mol. The minimum Gasteiger partial charge on any atom is -0.478 e. The van der Waals surface area contributed by atoms with Crippen LogP contribution < -0.4 is 5.32 Å². The lowest BCUT2D eigenvalue weighted by molar-refractivity contribution is -0.147. The molecule has 1 unspecified atom stereocenters.